The number of carbonyl (C=O) groups is 2. The van der Waals surface area contributed by atoms with Gasteiger partial charge in [0.1, 0.15) is 18.3 Å². The van der Waals surface area contributed by atoms with Crippen molar-refractivity contribution < 1.29 is 27.7 Å². The first-order valence-corrected chi connectivity index (χ1v) is 9.74. The minimum atomic E-state index is -4.72. The van der Waals surface area contributed by atoms with Crippen LogP contribution in [0.25, 0.3) is 5.69 Å². The van der Waals surface area contributed by atoms with E-state index in [0.717, 1.165) is 11.8 Å². The Morgan fingerprint density at radius 3 is 2.44 bits per heavy atom. The lowest BCUT2D eigenvalue weighted by Crippen LogP contribution is -2.33. The van der Waals surface area contributed by atoms with Gasteiger partial charge in [-0.2, -0.15) is 18.3 Å². The maximum absolute atomic E-state index is 12.7. The van der Waals surface area contributed by atoms with Gasteiger partial charge in [0, 0.05) is 24.7 Å². The number of nitrogens with one attached hydrogen (secondary N) is 3. The van der Waals surface area contributed by atoms with Gasteiger partial charge in [0.05, 0.1) is 22.7 Å². The first-order valence-electron chi connectivity index (χ1n) is 9.74. The Hall–Kier alpha value is -4.49. The van der Waals surface area contributed by atoms with Gasteiger partial charge in [-0.05, 0) is 36.4 Å². The van der Waals surface area contributed by atoms with E-state index in [1.165, 1.54) is 12.7 Å². The first kappa shape index (κ1) is 24.2. The summed E-state index contributed by atoms with van der Waals surface area (Å²) in [6, 6.07) is 8.79. The molecule has 0 fully saturated rings. The van der Waals surface area contributed by atoms with E-state index in [-0.39, 0.29) is 25.2 Å². The highest BCUT2D eigenvalue weighted by atomic mass is 19.4. The maximum atomic E-state index is 12.7. The number of anilines is 2. The number of alkyl halides is 3. The quantitative estimate of drug-likeness (QED) is 0.317. The van der Waals surface area contributed by atoms with Crippen molar-refractivity contribution in [2.45, 2.75) is 12.6 Å². The molecule has 0 aliphatic heterocycles. The zero-order valence-corrected chi connectivity index (χ0v) is 17.4. The van der Waals surface area contributed by atoms with Crippen LogP contribution in [-0.4, -0.2) is 44.6 Å². The molecule has 3 aromatic rings. The van der Waals surface area contributed by atoms with Gasteiger partial charge in [-0.1, -0.05) is 0 Å². The van der Waals surface area contributed by atoms with Gasteiger partial charge in [0.2, 0.25) is 11.8 Å². The fourth-order valence-corrected chi connectivity index (χ4v) is 2.83. The number of nitro benzene ring substituents is 1. The molecule has 0 bridgehead atoms. The van der Waals surface area contributed by atoms with E-state index in [2.05, 4.69) is 26.0 Å². The van der Waals surface area contributed by atoms with E-state index < -0.39 is 34.2 Å². The van der Waals surface area contributed by atoms with E-state index in [1.54, 1.807) is 28.9 Å². The molecule has 0 unspecified atom stereocenters. The summed E-state index contributed by atoms with van der Waals surface area (Å²) in [7, 11) is 0. The topological polar surface area (TPSA) is 144 Å². The zero-order chi connectivity index (χ0) is 24.7. The van der Waals surface area contributed by atoms with Gasteiger partial charge < -0.3 is 16.0 Å². The van der Waals surface area contributed by atoms with E-state index in [9.17, 15) is 32.9 Å². The average Bonchev–Trinajstić information content (AvgIpc) is 3.32. The number of amides is 2. The van der Waals surface area contributed by atoms with E-state index >= 15 is 0 Å². The Morgan fingerprint density at radius 2 is 1.82 bits per heavy atom. The van der Waals surface area contributed by atoms with E-state index in [4.69, 9.17) is 0 Å². The predicted molar refractivity (Wildman–Crippen MR) is 114 cm³/mol. The molecule has 34 heavy (non-hydrogen) atoms. The highest BCUT2D eigenvalue weighted by molar-refractivity contribution is 5.94. The molecule has 2 amide bonds. The Morgan fingerprint density at radius 1 is 1.09 bits per heavy atom. The normalized spacial score (nSPS) is 11.0. The highest BCUT2D eigenvalue weighted by Gasteiger charge is 2.33. The maximum Gasteiger partial charge on any atom is 0.416 e. The third-order valence-electron chi connectivity index (χ3n) is 4.47. The summed E-state index contributed by atoms with van der Waals surface area (Å²) in [5, 5.41) is 22.6. The molecule has 0 spiro atoms. The van der Waals surface area contributed by atoms with Crippen LogP contribution in [0.3, 0.4) is 0 Å². The van der Waals surface area contributed by atoms with Crippen LogP contribution in [0.1, 0.15) is 12.0 Å². The number of nitrogens with zero attached hydrogens (tertiary/aromatic N) is 4. The van der Waals surface area contributed by atoms with Crippen LogP contribution in [0.5, 0.6) is 0 Å². The summed E-state index contributed by atoms with van der Waals surface area (Å²) in [4.78, 5) is 37.9. The molecule has 0 saturated carbocycles. The van der Waals surface area contributed by atoms with Gasteiger partial charge in [0.15, 0.2) is 0 Å². The Balaban J connectivity index is 1.44. The molecule has 178 valence electrons. The molecule has 0 saturated heterocycles. The van der Waals surface area contributed by atoms with Crippen LogP contribution in [-0.2, 0) is 15.8 Å². The number of carbonyl (C=O) groups excluding carboxylic acids is 2. The summed E-state index contributed by atoms with van der Waals surface area (Å²) in [6.45, 7) is -0.409. The first-order chi connectivity index (χ1) is 16.1. The van der Waals surface area contributed by atoms with Crippen molar-refractivity contribution in [2.24, 2.45) is 0 Å². The minimum absolute atomic E-state index is 0.0938. The summed E-state index contributed by atoms with van der Waals surface area (Å²) in [5.74, 6) is -1.01. The summed E-state index contributed by atoms with van der Waals surface area (Å²) < 4.78 is 39.8. The molecule has 1 aromatic heterocycles. The van der Waals surface area contributed by atoms with Crippen LogP contribution in [0.4, 0.5) is 30.2 Å². The fraction of sp³-hybridized carbons (Fsp3) is 0.200. The lowest BCUT2D eigenvalue weighted by atomic mass is 10.1. The number of nitro groups is 1. The number of rotatable bonds is 9. The van der Waals surface area contributed by atoms with Crippen molar-refractivity contribution in [2.75, 3.05) is 23.7 Å². The third-order valence-corrected chi connectivity index (χ3v) is 4.47. The molecular weight excluding hydrogens is 459 g/mol. The highest BCUT2D eigenvalue weighted by Crippen LogP contribution is 2.34. The smallest absolute Gasteiger partial charge is 0.379 e. The Labute approximate surface area is 190 Å². The average molecular weight is 477 g/mol. The summed E-state index contributed by atoms with van der Waals surface area (Å²) in [6.07, 6.45) is -1.98. The third kappa shape index (κ3) is 6.51. The Bertz CT molecular complexity index is 1170. The summed E-state index contributed by atoms with van der Waals surface area (Å²) >= 11 is 0. The van der Waals surface area contributed by atoms with Crippen LogP contribution in [0.15, 0.2) is 55.1 Å². The fourth-order valence-electron chi connectivity index (χ4n) is 2.83. The van der Waals surface area contributed by atoms with Gasteiger partial charge in [-0.15, -0.1) is 0 Å². The zero-order valence-electron chi connectivity index (χ0n) is 17.4. The molecule has 0 aliphatic rings. The molecule has 0 aliphatic carbocycles. The van der Waals surface area contributed by atoms with Crippen LogP contribution >= 0.6 is 0 Å². The van der Waals surface area contributed by atoms with Gasteiger partial charge >= 0.3 is 6.18 Å². The number of benzene rings is 2. The molecule has 0 atom stereocenters. The molecular formula is C20H18F3N7O4. The van der Waals surface area contributed by atoms with Crippen LogP contribution in [0, 0.1) is 10.1 Å². The minimum Gasteiger partial charge on any atom is -0.379 e. The standard InChI is InChI=1S/C20H18F3N7O4/c21-20(22,23)13-1-6-16(17(9-13)30(33)34)25-8-7-18(31)26-10-19(32)28-14-2-4-15(5-3-14)29-12-24-11-27-29/h1-6,9,11-12,25H,7-8,10H2,(H,26,31)(H,28,32). The SMILES string of the molecule is O=C(CCNc1ccc(C(F)(F)F)cc1[N+](=O)[O-])NCC(=O)Nc1ccc(-n2cncn2)cc1. The number of hydrogen-bond acceptors (Lipinski definition) is 7. The van der Waals surface area contributed by atoms with Crippen LogP contribution < -0.4 is 16.0 Å². The molecule has 14 heteroatoms. The van der Waals surface area contributed by atoms with E-state index in [1.807, 2.05) is 0 Å². The second-order valence-corrected chi connectivity index (χ2v) is 6.88. The van der Waals surface area contributed by atoms with Crippen molar-refractivity contribution in [3.63, 3.8) is 0 Å². The molecule has 3 rings (SSSR count). The van der Waals surface area contributed by atoms with Gasteiger partial charge in [-0.3, -0.25) is 19.7 Å². The second kappa shape index (κ2) is 10.4. The van der Waals surface area contributed by atoms with Gasteiger partial charge in [-0.25, -0.2) is 9.67 Å². The molecule has 3 N–H and O–H groups in total. The molecule has 1 heterocycles. The lowest BCUT2D eigenvalue weighted by molar-refractivity contribution is -0.384. The Kier molecular flexibility index (Phi) is 7.40. The summed E-state index contributed by atoms with van der Waals surface area (Å²) in [5.41, 5.74) is -0.826. The largest absolute Gasteiger partial charge is 0.416 e. The monoisotopic (exact) mass is 477 g/mol. The predicted octanol–water partition coefficient (Wildman–Crippen LogP) is 2.75. The molecule has 11 nitrogen and oxygen atoms in total. The van der Waals surface area contributed by atoms with Crippen molar-refractivity contribution in [3.05, 3.63) is 70.8 Å². The lowest BCUT2D eigenvalue weighted by Gasteiger charge is -2.11. The van der Waals surface area contributed by atoms with Crippen LogP contribution in [0.2, 0.25) is 0 Å². The van der Waals surface area contributed by atoms with Crippen molar-refractivity contribution in [3.8, 4) is 5.69 Å². The molecule has 0 radical (unpaired) electrons. The second-order valence-electron chi connectivity index (χ2n) is 6.88. The van der Waals surface area contributed by atoms with Gasteiger partial charge in [0.25, 0.3) is 5.69 Å². The van der Waals surface area contributed by atoms with Crippen molar-refractivity contribution in [1.29, 1.82) is 0 Å². The van der Waals surface area contributed by atoms with Crippen molar-refractivity contribution in [1.82, 2.24) is 20.1 Å². The van der Waals surface area contributed by atoms with E-state index in [0.29, 0.717) is 17.8 Å². The number of aromatic nitrogens is 3. The number of hydrogen-bond donors (Lipinski definition) is 3. The number of halogens is 3. The molecule has 2 aromatic carbocycles. The van der Waals surface area contributed by atoms with Crippen molar-refractivity contribution >= 4 is 28.9 Å².